The van der Waals surface area contributed by atoms with Crippen LogP contribution in [-0.2, 0) is 6.54 Å². The number of halogens is 1. The van der Waals surface area contributed by atoms with Crippen molar-refractivity contribution in [3.8, 4) is 0 Å². The van der Waals surface area contributed by atoms with Crippen LogP contribution in [0.25, 0.3) is 0 Å². The number of hydrogen-bond acceptors (Lipinski definition) is 5. The van der Waals surface area contributed by atoms with E-state index in [1.165, 1.54) is 10.8 Å². The summed E-state index contributed by atoms with van der Waals surface area (Å²) >= 11 is 3.15. The van der Waals surface area contributed by atoms with Crippen molar-refractivity contribution < 1.29 is 4.63 Å². The highest BCUT2D eigenvalue weighted by atomic mass is 79.9. The highest BCUT2D eigenvalue weighted by Gasteiger charge is 2.10. The molecule has 0 saturated carbocycles. The number of aryl methyl sites for hydroxylation is 2. The van der Waals surface area contributed by atoms with Crippen LogP contribution in [0.15, 0.2) is 20.1 Å². The zero-order valence-corrected chi connectivity index (χ0v) is 10.4. The van der Waals surface area contributed by atoms with Crippen LogP contribution in [0, 0.1) is 13.8 Å². The standard InChI is InChI=1S/C9H9BrN4O2/c1-5-8(13-16-12-5)4-14-6(2)11-3-7(10)9(14)15/h3H,4H2,1-2H3. The first-order chi connectivity index (χ1) is 7.59. The van der Waals surface area contributed by atoms with Crippen LogP contribution < -0.4 is 5.56 Å². The Morgan fingerprint density at radius 3 is 2.81 bits per heavy atom. The first-order valence-corrected chi connectivity index (χ1v) is 5.39. The average Bonchev–Trinajstić information content (AvgIpc) is 2.65. The van der Waals surface area contributed by atoms with E-state index in [-0.39, 0.29) is 5.56 Å². The SMILES string of the molecule is Cc1nonc1Cn1c(C)ncc(Br)c1=O. The van der Waals surface area contributed by atoms with Crippen LogP contribution in [0.4, 0.5) is 0 Å². The maximum Gasteiger partial charge on any atom is 0.268 e. The Morgan fingerprint density at radius 2 is 2.19 bits per heavy atom. The van der Waals surface area contributed by atoms with Crippen molar-refractivity contribution in [1.82, 2.24) is 19.9 Å². The molecule has 2 rings (SSSR count). The lowest BCUT2D eigenvalue weighted by Gasteiger charge is -2.06. The molecule has 2 heterocycles. The Kier molecular flexibility index (Phi) is 2.86. The van der Waals surface area contributed by atoms with E-state index in [1.807, 2.05) is 0 Å². The van der Waals surface area contributed by atoms with Gasteiger partial charge in [0.1, 0.15) is 21.7 Å². The molecule has 0 aromatic carbocycles. The highest BCUT2D eigenvalue weighted by Crippen LogP contribution is 2.06. The molecule has 0 fully saturated rings. The van der Waals surface area contributed by atoms with Crippen LogP contribution >= 0.6 is 15.9 Å². The largest absolute Gasteiger partial charge is 0.290 e. The van der Waals surface area contributed by atoms with Gasteiger partial charge in [0.25, 0.3) is 5.56 Å². The highest BCUT2D eigenvalue weighted by molar-refractivity contribution is 9.10. The molecule has 0 saturated heterocycles. The van der Waals surface area contributed by atoms with Gasteiger partial charge in [-0.15, -0.1) is 0 Å². The van der Waals surface area contributed by atoms with Crippen molar-refractivity contribution in [3.63, 3.8) is 0 Å². The molecule has 2 aromatic rings. The molecule has 0 atom stereocenters. The summed E-state index contributed by atoms with van der Waals surface area (Å²) < 4.78 is 6.51. The van der Waals surface area contributed by atoms with Crippen molar-refractivity contribution in [2.24, 2.45) is 0 Å². The fraction of sp³-hybridized carbons (Fsp3) is 0.333. The Labute approximate surface area is 99.4 Å². The molecule has 0 aliphatic heterocycles. The van der Waals surface area contributed by atoms with E-state index in [2.05, 4.69) is 35.9 Å². The number of aromatic nitrogens is 4. The number of hydrogen-bond donors (Lipinski definition) is 0. The van der Waals surface area contributed by atoms with E-state index in [0.29, 0.717) is 28.2 Å². The molecule has 0 aliphatic rings. The zero-order chi connectivity index (χ0) is 11.7. The fourth-order valence-corrected chi connectivity index (χ4v) is 1.60. The first kappa shape index (κ1) is 11.0. The second-order valence-corrected chi connectivity index (χ2v) is 4.20. The lowest BCUT2D eigenvalue weighted by molar-refractivity contribution is 0.300. The zero-order valence-electron chi connectivity index (χ0n) is 8.77. The minimum atomic E-state index is -0.144. The maximum absolute atomic E-state index is 11.8. The van der Waals surface area contributed by atoms with E-state index in [4.69, 9.17) is 0 Å². The van der Waals surface area contributed by atoms with E-state index < -0.39 is 0 Å². The van der Waals surface area contributed by atoms with E-state index >= 15 is 0 Å². The van der Waals surface area contributed by atoms with Crippen molar-refractivity contribution in [2.75, 3.05) is 0 Å². The molecule has 16 heavy (non-hydrogen) atoms. The number of rotatable bonds is 2. The first-order valence-electron chi connectivity index (χ1n) is 4.59. The van der Waals surface area contributed by atoms with Crippen molar-refractivity contribution in [3.05, 3.63) is 38.2 Å². The summed E-state index contributed by atoms with van der Waals surface area (Å²) in [6.07, 6.45) is 1.49. The molecular weight excluding hydrogens is 276 g/mol. The van der Waals surface area contributed by atoms with Crippen LogP contribution in [0.3, 0.4) is 0 Å². The van der Waals surface area contributed by atoms with E-state index in [1.54, 1.807) is 13.8 Å². The summed E-state index contributed by atoms with van der Waals surface area (Å²) in [5, 5.41) is 7.39. The molecule has 0 bridgehead atoms. The van der Waals surface area contributed by atoms with Gasteiger partial charge >= 0.3 is 0 Å². The van der Waals surface area contributed by atoms with Gasteiger partial charge in [0.05, 0.1) is 6.54 Å². The number of nitrogens with zero attached hydrogens (tertiary/aromatic N) is 4. The van der Waals surface area contributed by atoms with Crippen LogP contribution in [-0.4, -0.2) is 19.9 Å². The molecule has 7 heteroatoms. The summed E-state index contributed by atoms with van der Waals surface area (Å²) in [6, 6.07) is 0. The van der Waals surface area contributed by atoms with Gasteiger partial charge in [-0.2, -0.15) is 0 Å². The lowest BCUT2D eigenvalue weighted by Crippen LogP contribution is -2.24. The molecule has 0 aliphatic carbocycles. The van der Waals surface area contributed by atoms with Crippen molar-refractivity contribution in [2.45, 2.75) is 20.4 Å². The van der Waals surface area contributed by atoms with Gasteiger partial charge in [-0.25, -0.2) is 9.61 Å². The van der Waals surface area contributed by atoms with Gasteiger partial charge in [0, 0.05) is 6.20 Å². The molecule has 0 N–H and O–H groups in total. The van der Waals surface area contributed by atoms with Gasteiger partial charge in [0.15, 0.2) is 0 Å². The Balaban J connectivity index is 2.46. The Hall–Kier alpha value is -1.50. The van der Waals surface area contributed by atoms with E-state index in [0.717, 1.165) is 0 Å². The summed E-state index contributed by atoms with van der Waals surface area (Å²) in [5.74, 6) is 0.621. The third-order valence-electron chi connectivity index (χ3n) is 2.26. The molecule has 0 radical (unpaired) electrons. The minimum absolute atomic E-state index is 0.144. The topological polar surface area (TPSA) is 73.8 Å². The molecule has 84 valence electrons. The van der Waals surface area contributed by atoms with Gasteiger partial charge in [0.2, 0.25) is 0 Å². The Morgan fingerprint density at radius 1 is 1.44 bits per heavy atom. The summed E-state index contributed by atoms with van der Waals surface area (Å²) in [4.78, 5) is 15.9. The lowest BCUT2D eigenvalue weighted by atomic mass is 10.3. The normalized spacial score (nSPS) is 10.7. The van der Waals surface area contributed by atoms with Crippen LogP contribution in [0.1, 0.15) is 17.2 Å². The molecule has 0 amide bonds. The predicted octanol–water partition coefficient (Wildman–Crippen LogP) is 1.05. The quantitative estimate of drug-likeness (QED) is 0.824. The van der Waals surface area contributed by atoms with E-state index in [9.17, 15) is 4.79 Å². The molecule has 0 spiro atoms. The summed E-state index contributed by atoms with van der Waals surface area (Å²) in [7, 11) is 0. The second kappa shape index (κ2) is 4.17. The third-order valence-corrected chi connectivity index (χ3v) is 2.80. The molecule has 2 aromatic heterocycles. The average molecular weight is 285 g/mol. The fourth-order valence-electron chi connectivity index (χ4n) is 1.28. The van der Waals surface area contributed by atoms with Gasteiger partial charge in [-0.3, -0.25) is 9.36 Å². The van der Waals surface area contributed by atoms with Gasteiger partial charge < -0.3 is 0 Å². The smallest absolute Gasteiger partial charge is 0.268 e. The van der Waals surface area contributed by atoms with Crippen molar-refractivity contribution >= 4 is 15.9 Å². The van der Waals surface area contributed by atoms with Gasteiger partial charge in [-0.05, 0) is 29.8 Å². The summed E-state index contributed by atoms with van der Waals surface area (Å²) in [5.41, 5.74) is 1.16. The monoisotopic (exact) mass is 284 g/mol. The van der Waals surface area contributed by atoms with Gasteiger partial charge in [-0.1, -0.05) is 10.3 Å². The van der Waals surface area contributed by atoms with Crippen LogP contribution in [0.5, 0.6) is 0 Å². The maximum atomic E-state index is 11.8. The second-order valence-electron chi connectivity index (χ2n) is 3.34. The van der Waals surface area contributed by atoms with Crippen molar-refractivity contribution in [1.29, 1.82) is 0 Å². The summed E-state index contributed by atoms with van der Waals surface area (Å²) in [6.45, 7) is 3.85. The molecular formula is C9H9BrN4O2. The van der Waals surface area contributed by atoms with Crippen LogP contribution in [0.2, 0.25) is 0 Å². The molecule has 0 unspecified atom stereocenters. The minimum Gasteiger partial charge on any atom is -0.290 e. The Bertz CT molecular complexity index is 575. The third kappa shape index (κ3) is 1.90. The molecule has 6 nitrogen and oxygen atoms in total. The predicted molar refractivity (Wildman–Crippen MR) is 59.1 cm³/mol.